The number of rotatable bonds is 29. The van der Waals surface area contributed by atoms with Crippen molar-refractivity contribution in [3.63, 3.8) is 0 Å². The van der Waals surface area contributed by atoms with E-state index in [1.165, 1.54) is 57.8 Å². The van der Waals surface area contributed by atoms with E-state index in [4.69, 9.17) is 61.6 Å². The Bertz CT molecular complexity index is 4920. The molecule has 6 heterocycles. The lowest BCUT2D eigenvalue weighted by Gasteiger charge is -2.37. The number of ketones is 2. The Kier molecular flexibility index (Phi) is 25.8. The number of alkyl halides is 2. The zero-order chi connectivity index (χ0) is 80.1. The van der Waals surface area contributed by atoms with Crippen LogP contribution >= 0.6 is 23.2 Å². The molecule has 2 atom stereocenters. The van der Waals surface area contributed by atoms with Gasteiger partial charge in [0.25, 0.3) is 6.43 Å². The minimum absolute atomic E-state index is 0.0126. The summed E-state index contributed by atoms with van der Waals surface area (Å²) in [5, 5.41) is 13.4. The summed E-state index contributed by atoms with van der Waals surface area (Å²) in [6.07, 6.45) is 14.5. The number of hydrogen-bond donors (Lipinski definition) is 4. The van der Waals surface area contributed by atoms with Gasteiger partial charge < -0.3 is 49.7 Å². The highest BCUT2D eigenvalue weighted by Gasteiger charge is 2.42. The van der Waals surface area contributed by atoms with Crippen LogP contribution in [-0.4, -0.2) is 146 Å². The number of allylic oxidation sites excluding steroid dienone is 2. The summed E-state index contributed by atoms with van der Waals surface area (Å²) in [6, 6.07) is 25.1. The minimum atomic E-state index is -2.80. The largest absolute Gasteiger partial charge is 0.497 e. The number of urea groups is 3. The molecular formula is C81H86Cl2F2N16O12. The zero-order valence-corrected chi connectivity index (χ0v) is 64.7. The fourth-order valence-electron chi connectivity index (χ4n) is 13.4. The monoisotopic (exact) mass is 1580 g/mol. The molecule has 6 aliphatic rings. The topological polar surface area (TPSA) is 303 Å². The van der Waals surface area contributed by atoms with Gasteiger partial charge in [-0.1, -0.05) is 92.2 Å². The lowest BCUT2D eigenvalue weighted by Crippen LogP contribution is -2.49. The van der Waals surface area contributed by atoms with Crippen molar-refractivity contribution in [1.29, 1.82) is 0 Å². The Morgan fingerprint density at radius 1 is 0.513 bits per heavy atom. The van der Waals surface area contributed by atoms with Crippen molar-refractivity contribution >= 4 is 123 Å². The average molecular weight is 1580 g/mol. The van der Waals surface area contributed by atoms with Crippen molar-refractivity contribution in [3.8, 4) is 34.5 Å². The normalized spacial score (nSPS) is 16.2. The lowest BCUT2D eigenvalue weighted by atomic mass is 9.90. The Morgan fingerprint density at radius 3 is 1.35 bits per heavy atom. The number of methoxy groups -OCH3 is 6. The second-order valence-electron chi connectivity index (χ2n) is 27.4. The number of aromatic nitrogens is 6. The Labute approximate surface area is 662 Å². The second-order valence-corrected chi connectivity index (χ2v) is 28.1. The molecule has 3 aliphatic carbocycles. The highest BCUT2D eigenvalue weighted by molar-refractivity contribution is 6.36. The molecule has 4 N–H and O–H groups in total. The standard InChI is InChI=1S/C28H28ClN5O4.C27H33ClN6O4.C26H25F2N5O4/c1-4-20(35)11-18-7-5-6-8-22(18)31-27-30-14-19-16-33(23-12-21(37-2)13-24(38-3)25(23)29)28(36)34(26(19)32-27)15-17-9-10-17;1-4-23(35)30-19-7-5-6-8-20(19)31-26-29-13-17-15-33(21-11-18(37-2)12-22(38-3)24(21)28)27(36)34(25(17)32-26)14-16-9-10-16;1-4-19(34)9-16-7-5-6-8-22(16)30-25-29-13-17-14-32(18-10-20(36-2)12-21(11-18)37-3)26(35)33(15-23(27)28)24(17)31-25/h4-8,12-14,17H,1,9-11,15-16H2,2-3H3,(H,30,31,32);4,11-13,16,19-20H,1,5-10,14-15H2,2-3H3,(H,30,35)(H,29,31,32);4-8,10-13,23H,1,9,14-15H2,2-3H3,(H,29,30,31). The maximum Gasteiger partial charge on any atom is 0.330 e. The van der Waals surface area contributed by atoms with Crippen LogP contribution in [0.4, 0.5) is 86.9 Å². The molecule has 0 bridgehead atoms. The summed E-state index contributed by atoms with van der Waals surface area (Å²) in [5.41, 5.74) is 6.26. The van der Waals surface area contributed by atoms with Gasteiger partial charge in [-0.3, -0.25) is 43.8 Å². The van der Waals surface area contributed by atoms with Crippen LogP contribution in [0.25, 0.3) is 0 Å². The van der Waals surface area contributed by atoms with E-state index in [0.29, 0.717) is 127 Å². The summed E-state index contributed by atoms with van der Waals surface area (Å²) in [6.45, 7) is 11.4. The molecule has 3 fully saturated rings. The van der Waals surface area contributed by atoms with Gasteiger partial charge in [0, 0.05) is 127 Å². The molecule has 0 radical (unpaired) electrons. The zero-order valence-electron chi connectivity index (χ0n) is 63.2. The fraction of sp³-hybridized carbons (Fsp3) is 0.333. The molecule has 590 valence electrons. The third-order valence-electron chi connectivity index (χ3n) is 19.7. The van der Waals surface area contributed by atoms with E-state index in [0.717, 1.165) is 78.6 Å². The quantitative estimate of drug-likeness (QED) is 0.0317. The summed E-state index contributed by atoms with van der Waals surface area (Å²) in [7, 11) is 9.10. The first-order valence-corrected chi connectivity index (χ1v) is 37.3. The Hall–Kier alpha value is -12.2. The number of carbonyl (C=O) groups excluding carboxylic acids is 6. The molecule has 3 aromatic heterocycles. The molecule has 7 amide bonds. The Morgan fingerprint density at radius 2 is 0.920 bits per heavy atom. The fourth-order valence-corrected chi connectivity index (χ4v) is 14.0. The van der Waals surface area contributed by atoms with Crippen molar-refractivity contribution in [3.05, 3.63) is 185 Å². The first-order chi connectivity index (χ1) is 54.6. The summed E-state index contributed by atoms with van der Waals surface area (Å²) in [4.78, 5) is 113. The van der Waals surface area contributed by atoms with Crippen LogP contribution in [0.2, 0.25) is 10.0 Å². The molecule has 3 saturated carbocycles. The number of benzene rings is 5. The van der Waals surface area contributed by atoms with Crippen molar-refractivity contribution in [2.75, 3.05) is 108 Å². The molecule has 2 unspecified atom stereocenters. The first kappa shape index (κ1) is 80.3. The molecule has 113 heavy (non-hydrogen) atoms. The van der Waals surface area contributed by atoms with E-state index in [-0.39, 0.29) is 85.9 Å². The van der Waals surface area contributed by atoms with E-state index < -0.39 is 19.0 Å². The molecule has 32 heteroatoms. The maximum atomic E-state index is 13.9. The smallest absolute Gasteiger partial charge is 0.330 e. The highest BCUT2D eigenvalue weighted by atomic mass is 35.5. The maximum absolute atomic E-state index is 13.9. The number of nitrogens with zero attached hydrogens (tertiary/aromatic N) is 12. The van der Waals surface area contributed by atoms with Gasteiger partial charge in [-0.05, 0) is 91.8 Å². The molecule has 0 saturated heterocycles. The molecule has 0 spiro atoms. The number of fused-ring (bicyclic) bond motifs is 3. The highest BCUT2D eigenvalue weighted by Crippen LogP contribution is 2.46. The van der Waals surface area contributed by atoms with Gasteiger partial charge in [0.05, 0.1) is 85.9 Å². The van der Waals surface area contributed by atoms with Crippen molar-refractivity contribution < 1.29 is 66.0 Å². The average Bonchev–Trinajstić information content (AvgIpc) is 1.58. The van der Waals surface area contributed by atoms with Gasteiger partial charge in [0.1, 0.15) is 62.0 Å². The predicted molar refractivity (Wildman–Crippen MR) is 428 cm³/mol. The van der Waals surface area contributed by atoms with E-state index in [2.05, 4.69) is 60.9 Å². The van der Waals surface area contributed by atoms with Gasteiger partial charge in [-0.15, -0.1) is 0 Å². The van der Waals surface area contributed by atoms with Crippen LogP contribution in [0.15, 0.2) is 148 Å². The number of anilines is 11. The van der Waals surface area contributed by atoms with Gasteiger partial charge in [0.2, 0.25) is 23.8 Å². The molecule has 8 aromatic rings. The van der Waals surface area contributed by atoms with Crippen molar-refractivity contribution in [2.24, 2.45) is 11.8 Å². The van der Waals surface area contributed by atoms with Gasteiger partial charge >= 0.3 is 18.1 Å². The first-order valence-electron chi connectivity index (χ1n) is 36.5. The van der Waals surface area contributed by atoms with Gasteiger partial charge in [-0.2, -0.15) is 15.0 Å². The van der Waals surface area contributed by atoms with E-state index in [9.17, 15) is 37.5 Å². The predicted octanol–water partition coefficient (Wildman–Crippen LogP) is 14.8. The van der Waals surface area contributed by atoms with Gasteiger partial charge in [-0.25, -0.2) is 38.1 Å². The Balaban J connectivity index is 0.000000157. The van der Waals surface area contributed by atoms with Crippen molar-refractivity contribution in [2.45, 2.75) is 102 Å². The second kappa shape index (κ2) is 36.3. The van der Waals surface area contributed by atoms with Crippen LogP contribution in [-0.2, 0) is 46.9 Å². The number of para-hydroxylation sites is 2. The van der Waals surface area contributed by atoms with E-state index >= 15 is 0 Å². The van der Waals surface area contributed by atoms with Gasteiger partial charge in [0.15, 0.2) is 11.6 Å². The SMILES string of the molecule is C=CC(=O)Cc1ccccc1Nc1ncc2c(n1)N(CC(F)F)C(=O)N(c1cc(OC)cc(OC)c1)C2.C=CC(=O)Cc1ccccc1Nc1ncc2c(n1)N(CC1CC1)C(=O)N(c1cc(OC)cc(OC)c1Cl)C2.C=CC(=O)NC1CCCCC1Nc1ncc2c(n1)N(CC1CC1)C(=O)N(c1cc(OC)cc(OC)c1Cl)C2. The number of halogens is 4. The number of carbonyl (C=O) groups is 6. The van der Waals surface area contributed by atoms with Crippen LogP contribution < -0.4 is 79.1 Å². The van der Waals surface area contributed by atoms with Crippen LogP contribution in [0, 0.1) is 11.8 Å². The third-order valence-corrected chi connectivity index (χ3v) is 20.5. The van der Waals surface area contributed by atoms with Crippen LogP contribution in [0.3, 0.4) is 0 Å². The van der Waals surface area contributed by atoms with Crippen LogP contribution in [0.1, 0.15) is 79.2 Å². The molecule has 5 aromatic carbocycles. The summed E-state index contributed by atoms with van der Waals surface area (Å²) < 4.78 is 59.4. The summed E-state index contributed by atoms with van der Waals surface area (Å²) in [5.74, 6) is 5.31. The number of hydrogen-bond acceptors (Lipinski definition) is 21. The van der Waals surface area contributed by atoms with Crippen molar-refractivity contribution in [1.82, 2.24) is 35.2 Å². The van der Waals surface area contributed by atoms with E-state index in [1.807, 2.05) is 24.3 Å². The molecule has 28 nitrogen and oxygen atoms in total. The van der Waals surface area contributed by atoms with E-state index in [1.54, 1.807) is 113 Å². The molecule has 14 rings (SSSR count). The van der Waals surface area contributed by atoms with Crippen LogP contribution in [0.5, 0.6) is 34.5 Å². The lowest BCUT2D eigenvalue weighted by molar-refractivity contribution is -0.117. The number of amides is 7. The summed E-state index contributed by atoms with van der Waals surface area (Å²) >= 11 is 13.3. The number of ether oxygens (including phenoxy) is 6. The molecular weight excluding hydrogens is 1500 g/mol. The minimum Gasteiger partial charge on any atom is -0.497 e. The third kappa shape index (κ3) is 19.1. The molecule has 3 aliphatic heterocycles. The number of nitrogens with one attached hydrogen (secondary N) is 4.